The highest BCUT2D eigenvalue weighted by molar-refractivity contribution is 5.99. The fraction of sp³-hybridized carbons (Fsp3) is 0.190. The van der Waals surface area contributed by atoms with Crippen LogP contribution in [0.2, 0.25) is 0 Å². The summed E-state index contributed by atoms with van der Waals surface area (Å²) in [5, 5.41) is 6.75. The Hall–Kier alpha value is -2.85. The van der Waals surface area contributed by atoms with Gasteiger partial charge in [-0.2, -0.15) is 0 Å². The van der Waals surface area contributed by atoms with Crippen LogP contribution in [-0.2, 0) is 4.74 Å². The summed E-state index contributed by atoms with van der Waals surface area (Å²) in [5.74, 6) is 0.771. The van der Waals surface area contributed by atoms with Gasteiger partial charge >= 0.3 is 0 Å². The van der Waals surface area contributed by atoms with E-state index in [1.165, 1.54) is 5.56 Å². The van der Waals surface area contributed by atoms with Crippen molar-refractivity contribution < 1.29 is 4.74 Å². The minimum Gasteiger partial charge on any atom is -0.378 e. The van der Waals surface area contributed by atoms with Gasteiger partial charge in [-0.3, -0.25) is 0 Å². The van der Waals surface area contributed by atoms with Gasteiger partial charge < -0.3 is 15.4 Å². The van der Waals surface area contributed by atoms with Crippen molar-refractivity contribution in [3.05, 3.63) is 89.6 Å². The van der Waals surface area contributed by atoms with Crippen molar-refractivity contribution in [2.45, 2.75) is 13.1 Å². The molecule has 3 rings (SSSR count). The third kappa shape index (κ3) is 4.17. The largest absolute Gasteiger partial charge is 0.378 e. The van der Waals surface area contributed by atoms with Crippen molar-refractivity contribution in [1.82, 2.24) is 10.6 Å². The molecule has 25 heavy (non-hydrogen) atoms. The minimum atomic E-state index is -0.150. The van der Waals surface area contributed by atoms with Gasteiger partial charge in [-0.05, 0) is 18.1 Å². The van der Waals surface area contributed by atoms with E-state index in [9.17, 15) is 0 Å². The number of nitrogens with one attached hydrogen (secondary N) is 2. The molecule has 0 radical (unpaired) electrons. The Bertz CT molecular complexity index is 809. The van der Waals surface area contributed by atoms with E-state index < -0.39 is 0 Å². The smallest absolute Gasteiger partial charge is 0.146 e. The van der Waals surface area contributed by atoms with E-state index in [1.807, 2.05) is 36.4 Å². The fourth-order valence-electron chi connectivity index (χ4n) is 2.82. The van der Waals surface area contributed by atoms with Crippen molar-refractivity contribution in [2.75, 3.05) is 13.7 Å². The molecule has 0 bridgehead atoms. The van der Waals surface area contributed by atoms with Gasteiger partial charge in [0.1, 0.15) is 12.0 Å². The molecule has 2 aromatic rings. The summed E-state index contributed by atoms with van der Waals surface area (Å²) in [6.45, 7) is 6.75. The van der Waals surface area contributed by atoms with E-state index in [-0.39, 0.29) is 6.17 Å². The van der Waals surface area contributed by atoms with Crippen LogP contribution in [0.3, 0.4) is 0 Å². The van der Waals surface area contributed by atoms with Crippen molar-refractivity contribution in [1.29, 1.82) is 0 Å². The van der Waals surface area contributed by atoms with E-state index in [0.717, 1.165) is 28.4 Å². The number of rotatable bonds is 5. The Labute approximate surface area is 148 Å². The molecule has 0 aliphatic carbocycles. The second kappa shape index (κ2) is 7.81. The summed E-state index contributed by atoms with van der Waals surface area (Å²) < 4.78 is 5.29. The molecule has 2 N–H and O–H groups in total. The molecule has 1 unspecified atom stereocenters. The third-order valence-corrected chi connectivity index (χ3v) is 4.07. The van der Waals surface area contributed by atoms with Crippen molar-refractivity contribution in [3.63, 3.8) is 0 Å². The maximum absolute atomic E-state index is 5.29. The molecule has 1 atom stereocenters. The predicted molar refractivity (Wildman–Crippen MR) is 103 cm³/mol. The quantitative estimate of drug-likeness (QED) is 0.875. The van der Waals surface area contributed by atoms with Crippen molar-refractivity contribution in [2.24, 2.45) is 4.99 Å². The molecular formula is C21H23N3O. The predicted octanol–water partition coefficient (Wildman–Crippen LogP) is 3.79. The standard InChI is InChI=1S/C21H23N3O/c1-15-9-7-8-12-19(15)16(2)22-20-13-18(14-25-3)23-21(24-20)17-10-5-4-6-11-17/h4-13,21,23H,2,14H2,1,3H3,(H,22,24). The van der Waals surface area contributed by atoms with Crippen LogP contribution in [0.15, 0.2) is 77.9 Å². The molecule has 0 saturated heterocycles. The molecule has 2 aromatic carbocycles. The van der Waals surface area contributed by atoms with Gasteiger partial charge in [0.25, 0.3) is 0 Å². The van der Waals surface area contributed by atoms with E-state index in [2.05, 4.69) is 48.4 Å². The first-order valence-corrected chi connectivity index (χ1v) is 8.28. The lowest BCUT2D eigenvalue weighted by Gasteiger charge is -2.25. The van der Waals surface area contributed by atoms with Gasteiger partial charge in [0, 0.05) is 30.1 Å². The Kier molecular flexibility index (Phi) is 5.31. The summed E-state index contributed by atoms with van der Waals surface area (Å²) in [4.78, 5) is 4.78. The number of hydrogen-bond acceptors (Lipinski definition) is 4. The van der Waals surface area contributed by atoms with E-state index in [0.29, 0.717) is 6.61 Å². The molecule has 4 nitrogen and oxygen atoms in total. The zero-order chi connectivity index (χ0) is 17.6. The molecule has 0 saturated carbocycles. The zero-order valence-electron chi connectivity index (χ0n) is 14.6. The SMILES string of the molecule is C=C(NC1=NC(c2ccccc2)NC(COC)=C1)c1ccccc1C. The Morgan fingerprint density at radius 2 is 1.88 bits per heavy atom. The Morgan fingerprint density at radius 1 is 1.16 bits per heavy atom. The number of methoxy groups -OCH3 is 1. The maximum Gasteiger partial charge on any atom is 0.146 e. The van der Waals surface area contributed by atoms with Crippen LogP contribution in [-0.4, -0.2) is 19.6 Å². The van der Waals surface area contributed by atoms with Crippen LogP contribution in [0, 0.1) is 6.92 Å². The topological polar surface area (TPSA) is 45.7 Å². The zero-order valence-corrected chi connectivity index (χ0v) is 14.6. The summed E-state index contributed by atoms with van der Waals surface area (Å²) in [5.41, 5.74) is 5.17. The molecule has 1 aliphatic heterocycles. The number of amidine groups is 1. The summed E-state index contributed by atoms with van der Waals surface area (Å²) in [7, 11) is 1.69. The van der Waals surface area contributed by atoms with Crippen LogP contribution in [0.4, 0.5) is 0 Å². The number of hydrogen-bond donors (Lipinski definition) is 2. The number of benzene rings is 2. The molecule has 0 aromatic heterocycles. The maximum atomic E-state index is 5.29. The lowest BCUT2D eigenvalue weighted by Crippen LogP contribution is -2.32. The monoisotopic (exact) mass is 333 g/mol. The normalized spacial score (nSPS) is 16.5. The average molecular weight is 333 g/mol. The van der Waals surface area contributed by atoms with Gasteiger partial charge in [0.2, 0.25) is 0 Å². The first kappa shape index (κ1) is 17.0. The van der Waals surface area contributed by atoms with Crippen molar-refractivity contribution >= 4 is 11.5 Å². The van der Waals surface area contributed by atoms with Crippen LogP contribution < -0.4 is 10.6 Å². The lowest BCUT2D eigenvalue weighted by molar-refractivity contribution is 0.217. The number of aliphatic imine (C=N–C) groups is 1. The van der Waals surface area contributed by atoms with E-state index in [4.69, 9.17) is 9.73 Å². The van der Waals surface area contributed by atoms with Gasteiger partial charge in [0.15, 0.2) is 0 Å². The lowest BCUT2D eigenvalue weighted by atomic mass is 10.1. The number of ether oxygens (including phenoxy) is 1. The van der Waals surface area contributed by atoms with Crippen molar-refractivity contribution in [3.8, 4) is 0 Å². The Morgan fingerprint density at radius 3 is 2.60 bits per heavy atom. The molecule has 0 amide bonds. The molecule has 1 aliphatic rings. The van der Waals surface area contributed by atoms with Gasteiger partial charge in [0.05, 0.1) is 6.61 Å². The van der Waals surface area contributed by atoms with E-state index in [1.54, 1.807) is 7.11 Å². The highest BCUT2D eigenvalue weighted by Gasteiger charge is 2.17. The fourth-order valence-corrected chi connectivity index (χ4v) is 2.82. The molecule has 4 heteroatoms. The molecule has 128 valence electrons. The third-order valence-electron chi connectivity index (χ3n) is 4.07. The minimum absolute atomic E-state index is 0.150. The van der Waals surface area contributed by atoms with E-state index >= 15 is 0 Å². The van der Waals surface area contributed by atoms with Crippen LogP contribution >= 0.6 is 0 Å². The molecule has 1 heterocycles. The first-order valence-electron chi connectivity index (χ1n) is 8.28. The summed E-state index contributed by atoms with van der Waals surface area (Å²) in [6, 6.07) is 18.3. The highest BCUT2D eigenvalue weighted by Crippen LogP contribution is 2.21. The van der Waals surface area contributed by atoms with Gasteiger partial charge in [-0.1, -0.05) is 61.2 Å². The molecule has 0 fully saturated rings. The number of aryl methyl sites for hydroxylation is 1. The summed E-state index contributed by atoms with van der Waals surface area (Å²) >= 11 is 0. The highest BCUT2D eigenvalue weighted by atomic mass is 16.5. The van der Waals surface area contributed by atoms with Gasteiger partial charge in [-0.15, -0.1) is 0 Å². The summed E-state index contributed by atoms with van der Waals surface area (Å²) in [6.07, 6.45) is 1.82. The molecule has 0 spiro atoms. The van der Waals surface area contributed by atoms with Crippen LogP contribution in [0.5, 0.6) is 0 Å². The second-order valence-electron chi connectivity index (χ2n) is 5.99. The van der Waals surface area contributed by atoms with Crippen LogP contribution in [0.1, 0.15) is 22.9 Å². The Balaban J connectivity index is 1.85. The molecular weight excluding hydrogens is 310 g/mol. The van der Waals surface area contributed by atoms with Gasteiger partial charge in [-0.25, -0.2) is 4.99 Å². The average Bonchev–Trinajstić information content (AvgIpc) is 2.63. The first-order chi connectivity index (χ1) is 12.2. The number of nitrogens with zero attached hydrogens (tertiary/aromatic N) is 1. The van der Waals surface area contributed by atoms with Crippen LogP contribution in [0.25, 0.3) is 5.70 Å². The second-order valence-corrected chi connectivity index (χ2v) is 5.99.